The van der Waals surface area contributed by atoms with Crippen LogP contribution in [-0.4, -0.2) is 59.8 Å². The van der Waals surface area contributed by atoms with Gasteiger partial charge in [-0.1, -0.05) is 0 Å². The van der Waals surface area contributed by atoms with Gasteiger partial charge in [0.15, 0.2) is 17.6 Å². The zero-order valence-electron chi connectivity index (χ0n) is 14.1. The van der Waals surface area contributed by atoms with E-state index in [1.807, 2.05) is 5.38 Å². The van der Waals surface area contributed by atoms with Crippen LogP contribution in [0.2, 0.25) is 0 Å². The number of methoxy groups -OCH3 is 1. The molecule has 0 bridgehead atoms. The molecular formula is C17H18N2O6S. The van der Waals surface area contributed by atoms with Gasteiger partial charge in [0.25, 0.3) is 5.91 Å². The lowest BCUT2D eigenvalue weighted by atomic mass is 10.1. The number of benzene rings is 1. The monoisotopic (exact) mass is 378 g/mol. The predicted octanol–water partition coefficient (Wildman–Crippen LogP) is 1.66. The van der Waals surface area contributed by atoms with E-state index in [1.165, 1.54) is 23.3 Å². The Kier molecular flexibility index (Phi) is 5.69. The Morgan fingerprint density at radius 1 is 1.42 bits per heavy atom. The van der Waals surface area contributed by atoms with Gasteiger partial charge in [0.05, 0.1) is 31.5 Å². The minimum Gasteiger partial charge on any atom is -0.493 e. The van der Waals surface area contributed by atoms with Crippen molar-refractivity contribution in [2.75, 3.05) is 26.8 Å². The molecule has 0 spiro atoms. The lowest BCUT2D eigenvalue weighted by Crippen LogP contribution is -2.48. The molecule has 0 aliphatic carbocycles. The molecule has 1 aromatic heterocycles. The molecule has 2 aromatic rings. The number of carbonyl (C=O) groups is 2. The van der Waals surface area contributed by atoms with E-state index in [0.717, 1.165) is 5.69 Å². The third-order valence-corrected chi connectivity index (χ3v) is 4.53. The fraction of sp³-hybridized carbons (Fsp3) is 0.353. The highest BCUT2D eigenvalue weighted by atomic mass is 32.1. The van der Waals surface area contributed by atoms with Crippen molar-refractivity contribution in [1.82, 2.24) is 9.88 Å². The maximum atomic E-state index is 12.7. The van der Waals surface area contributed by atoms with Crippen LogP contribution < -0.4 is 9.47 Å². The van der Waals surface area contributed by atoms with Crippen LogP contribution in [0.15, 0.2) is 29.1 Å². The normalized spacial score (nSPS) is 17.0. The summed E-state index contributed by atoms with van der Waals surface area (Å²) in [5.74, 6) is -0.425. The maximum absolute atomic E-state index is 12.7. The minimum atomic E-state index is -1.08. The molecule has 1 fully saturated rings. The number of carbonyl (C=O) groups excluding carboxylic acids is 1. The second-order valence-corrected chi connectivity index (χ2v) is 6.30. The summed E-state index contributed by atoms with van der Waals surface area (Å²) in [6.07, 6.45) is -1.00. The summed E-state index contributed by atoms with van der Waals surface area (Å²) in [4.78, 5) is 29.3. The largest absolute Gasteiger partial charge is 0.493 e. The lowest BCUT2D eigenvalue weighted by molar-refractivity contribution is -0.154. The van der Waals surface area contributed by atoms with Gasteiger partial charge in [-0.2, -0.15) is 0 Å². The molecule has 1 atom stereocenters. The Morgan fingerprint density at radius 3 is 2.96 bits per heavy atom. The first-order valence-electron chi connectivity index (χ1n) is 7.90. The van der Waals surface area contributed by atoms with Crippen molar-refractivity contribution in [3.63, 3.8) is 0 Å². The number of thiazole rings is 1. The van der Waals surface area contributed by atoms with Gasteiger partial charge in [-0.15, -0.1) is 11.3 Å². The maximum Gasteiger partial charge on any atom is 0.334 e. The summed E-state index contributed by atoms with van der Waals surface area (Å²) >= 11 is 1.48. The summed E-state index contributed by atoms with van der Waals surface area (Å²) < 4.78 is 16.2. The van der Waals surface area contributed by atoms with E-state index < -0.39 is 12.1 Å². The second-order valence-electron chi connectivity index (χ2n) is 5.58. The van der Waals surface area contributed by atoms with Crippen molar-refractivity contribution in [2.45, 2.75) is 12.7 Å². The molecule has 2 heterocycles. The molecule has 1 amide bonds. The molecule has 9 heteroatoms. The zero-order valence-corrected chi connectivity index (χ0v) is 14.9. The highest BCUT2D eigenvalue weighted by molar-refractivity contribution is 7.07. The van der Waals surface area contributed by atoms with Crippen LogP contribution in [0.5, 0.6) is 11.5 Å². The van der Waals surface area contributed by atoms with Crippen LogP contribution >= 0.6 is 11.3 Å². The molecule has 1 aromatic carbocycles. The summed E-state index contributed by atoms with van der Waals surface area (Å²) in [5.41, 5.74) is 2.93. The fourth-order valence-corrected chi connectivity index (χ4v) is 3.09. The van der Waals surface area contributed by atoms with Crippen molar-refractivity contribution < 1.29 is 28.9 Å². The van der Waals surface area contributed by atoms with Crippen LogP contribution in [0, 0.1) is 0 Å². The van der Waals surface area contributed by atoms with Gasteiger partial charge in [-0.3, -0.25) is 4.79 Å². The molecule has 26 heavy (non-hydrogen) atoms. The molecule has 1 saturated heterocycles. The van der Waals surface area contributed by atoms with E-state index in [-0.39, 0.29) is 19.1 Å². The summed E-state index contributed by atoms with van der Waals surface area (Å²) in [6, 6.07) is 4.88. The van der Waals surface area contributed by atoms with E-state index in [4.69, 9.17) is 19.3 Å². The first-order chi connectivity index (χ1) is 12.6. The number of morpholine rings is 1. The number of rotatable bonds is 6. The number of ether oxygens (including phenoxy) is 3. The number of carboxylic acid groups (broad SMARTS) is 1. The highest BCUT2D eigenvalue weighted by Gasteiger charge is 2.29. The van der Waals surface area contributed by atoms with E-state index >= 15 is 0 Å². The molecule has 138 valence electrons. The topological polar surface area (TPSA) is 98.2 Å². The zero-order chi connectivity index (χ0) is 18.5. The number of aromatic nitrogens is 1. The molecule has 8 nitrogen and oxygen atoms in total. The molecule has 0 unspecified atom stereocenters. The third-order valence-electron chi connectivity index (χ3n) is 3.90. The van der Waals surface area contributed by atoms with Crippen molar-refractivity contribution >= 4 is 23.2 Å². The lowest BCUT2D eigenvalue weighted by Gasteiger charge is -2.31. The van der Waals surface area contributed by atoms with E-state index in [0.29, 0.717) is 30.2 Å². The fourth-order valence-electron chi connectivity index (χ4n) is 2.55. The Labute approximate surface area is 153 Å². The van der Waals surface area contributed by atoms with Gasteiger partial charge >= 0.3 is 5.97 Å². The second kappa shape index (κ2) is 8.15. The number of carboxylic acids is 1. The molecule has 1 aliphatic rings. The average Bonchev–Trinajstić information content (AvgIpc) is 3.19. The van der Waals surface area contributed by atoms with Crippen molar-refractivity contribution in [3.8, 4) is 11.5 Å². The minimum absolute atomic E-state index is 0.0125. The first kappa shape index (κ1) is 18.2. The molecule has 1 aliphatic heterocycles. The Bertz CT molecular complexity index is 780. The van der Waals surface area contributed by atoms with E-state index in [9.17, 15) is 9.59 Å². The predicted molar refractivity (Wildman–Crippen MR) is 92.7 cm³/mol. The number of hydrogen-bond donors (Lipinski definition) is 1. The Morgan fingerprint density at radius 2 is 2.27 bits per heavy atom. The SMILES string of the molecule is COc1cc(C(=O)N2CCO[C@@H](C(=O)O)C2)ccc1OCc1cscn1. The van der Waals surface area contributed by atoms with Gasteiger partial charge in [0.1, 0.15) is 6.61 Å². The summed E-state index contributed by atoms with van der Waals surface area (Å²) in [7, 11) is 1.49. The smallest absolute Gasteiger partial charge is 0.334 e. The third kappa shape index (κ3) is 4.12. The Hall–Kier alpha value is -2.65. The number of aliphatic carboxylic acids is 1. The Balaban J connectivity index is 1.71. The van der Waals surface area contributed by atoms with Crippen LogP contribution in [-0.2, 0) is 16.1 Å². The average molecular weight is 378 g/mol. The molecule has 1 N–H and O–H groups in total. The molecule has 0 radical (unpaired) electrons. The standard InChI is InChI=1S/C17H18N2O6S/c1-23-14-6-11(2-3-13(14)25-8-12-9-26-10-18-12)16(20)19-4-5-24-15(7-19)17(21)22/h2-3,6,9-10,15H,4-5,7-8H2,1H3,(H,21,22)/t15-/m1/s1. The van der Waals surface area contributed by atoms with Gasteiger partial charge in [-0.05, 0) is 18.2 Å². The van der Waals surface area contributed by atoms with Crippen LogP contribution in [0.25, 0.3) is 0 Å². The van der Waals surface area contributed by atoms with E-state index in [1.54, 1.807) is 23.7 Å². The van der Waals surface area contributed by atoms with Crippen molar-refractivity contribution in [3.05, 3.63) is 40.3 Å². The van der Waals surface area contributed by atoms with Crippen LogP contribution in [0.3, 0.4) is 0 Å². The van der Waals surface area contributed by atoms with Gasteiger partial charge in [0, 0.05) is 17.5 Å². The van der Waals surface area contributed by atoms with Gasteiger partial charge in [0.2, 0.25) is 0 Å². The molecular weight excluding hydrogens is 360 g/mol. The van der Waals surface area contributed by atoms with Crippen molar-refractivity contribution in [1.29, 1.82) is 0 Å². The first-order valence-corrected chi connectivity index (χ1v) is 8.84. The van der Waals surface area contributed by atoms with E-state index in [2.05, 4.69) is 4.98 Å². The molecule has 3 rings (SSSR count). The number of amides is 1. The van der Waals surface area contributed by atoms with Crippen molar-refractivity contribution in [2.24, 2.45) is 0 Å². The van der Waals surface area contributed by atoms with Gasteiger partial charge in [-0.25, -0.2) is 9.78 Å². The van der Waals surface area contributed by atoms with Gasteiger partial charge < -0.3 is 24.2 Å². The molecule has 0 saturated carbocycles. The number of nitrogens with zero attached hydrogens (tertiary/aromatic N) is 2. The quantitative estimate of drug-likeness (QED) is 0.816. The van der Waals surface area contributed by atoms with Crippen LogP contribution in [0.4, 0.5) is 0 Å². The number of hydrogen-bond acceptors (Lipinski definition) is 7. The van der Waals surface area contributed by atoms with Crippen LogP contribution in [0.1, 0.15) is 16.1 Å². The highest BCUT2D eigenvalue weighted by Crippen LogP contribution is 2.29. The summed E-state index contributed by atoms with van der Waals surface area (Å²) in [5, 5.41) is 11.0. The summed E-state index contributed by atoms with van der Waals surface area (Å²) in [6.45, 7) is 0.844.